The van der Waals surface area contributed by atoms with Gasteiger partial charge in [0.2, 0.25) is 0 Å². The summed E-state index contributed by atoms with van der Waals surface area (Å²) in [5, 5.41) is 25.2. The maximum atomic E-state index is 11.2. The van der Waals surface area contributed by atoms with E-state index < -0.39 is 4.92 Å². The number of nitrogens with zero attached hydrogens (tertiary/aromatic N) is 2. The van der Waals surface area contributed by atoms with Crippen LogP contribution in [0.4, 0.5) is 11.4 Å². The molecule has 0 aliphatic rings. The summed E-state index contributed by atoms with van der Waals surface area (Å²) in [6.45, 7) is 0.461. The van der Waals surface area contributed by atoms with Crippen LogP contribution in [0.25, 0.3) is 10.2 Å². The maximum absolute atomic E-state index is 11.2. The van der Waals surface area contributed by atoms with Crippen LogP contribution in [0.3, 0.4) is 0 Å². The zero-order valence-corrected chi connectivity index (χ0v) is 12.3. The SMILES string of the molecule is O=[N+]([O-])c1cnc2ccsc2c1NCc1ccc(CO)cc1. The largest absolute Gasteiger partial charge is 0.392 e. The fraction of sp³-hybridized carbons (Fsp3) is 0.133. The molecule has 3 aromatic rings. The van der Waals surface area contributed by atoms with Crippen molar-refractivity contribution in [3.05, 3.63) is 63.1 Å². The molecule has 0 saturated heterocycles. The Bertz CT molecular complexity index is 815. The summed E-state index contributed by atoms with van der Waals surface area (Å²) >= 11 is 1.42. The highest BCUT2D eigenvalue weighted by atomic mass is 32.1. The molecule has 2 aromatic heterocycles. The third kappa shape index (κ3) is 2.76. The highest BCUT2D eigenvalue weighted by Gasteiger charge is 2.18. The maximum Gasteiger partial charge on any atom is 0.311 e. The van der Waals surface area contributed by atoms with Gasteiger partial charge in [-0.25, -0.2) is 4.98 Å². The second-order valence-electron chi connectivity index (χ2n) is 4.74. The van der Waals surface area contributed by atoms with E-state index in [1.807, 2.05) is 35.7 Å². The van der Waals surface area contributed by atoms with Crippen LogP contribution < -0.4 is 5.32 Å². The molecule has 0 spiro atoms. The molecule has 0 bridgehead atoms. The van der Waals surface area contributed by atoms with Gasteiger partial charge in [-0.3, -0.25) is 10.1 Å². The van der Waals surface area contributed by atoms with Crippen molar-refractivity contribution in [2.45, 2.75) is 13.2 Å². The van der Waals surface area contributed by atoms with Gasteiger partial charge >= 0.3 is 5.69 Å². The van der Waals surface area contributed by atoms with Crippen LogP contribution in [0.1, 0.15) is 11.1 Å². The van der Waals surface area contributed by atoms with Crippen LogP contribution in [0, 0.1) is 10.1 Å². The van der Waals surface area contributed by atoms with Gasteiger partial charge in [0.15, 0.2) is 0 Å². The van der Waals surface area contributed by atoms with E-state index >= 15 is 0 Å². The molecule has 0 unspecified atom stereocenters. The number of benzene rings is 1. The number of fused-ring (bicyclic) bond motifs is 1. The lowest BCUT2D eigenvalue weighted by molar-refractivity contribution is -0.384. The van der Waals surface area contributed by atoms with Crippen LogP contribution in [0.2, 0.25) is 0 Å². The predicted octanol–water partition coefficient (Wildman–Crippen LogP) is 3.31. The molecule has 6 nitrogen and oxygen atoms in total. The quantitative estimate of drug-likeness (QED) is 0.557. The highest BCUT2D eigenvalue weighted by molar-refractivity contribution is 7.17. The average Bonchev–Trinajstić information content (AvgIpc) is 3.01. The van der Waals surface area contributed by atoms with Crippen molar-refractivity contribution >= 4 is 32.9 Å². The predicted molar refractivity (Wildman–Crippen MR) is 86.0 cm³/mol. The first-order chi connectivity index (χ1) is 10.7. The summed E-state index contributed by atoms with van der Waals surface area (Å²) < 4.78 is 0.779. The van der Waals surface area contributed by atoms with E-state index in [9.17, 15) is 10.1 Å². The van der Waals surface area contributed by atoms with Crippen molar-refractivity contribution in [3.8, 4) is 0 Å². The molecule has 112 valence electrons. The molecule has 0 fully saturated rings. The summed E-state index contributed by atoms with van der Waals surface area (Å²) in [5.74, 6) is 0. The third-order valence-electron chi connectivity index (χ3n) is 3.33. The van der Waals surface area contributed by atoms with Gasteiger partial charge in [0, 0.05) is 6.54 Å². The van der Waals surface area contributed by atoms with Gasteiger partial charge in [-0.05, 0) is 22.6 Å². The van der Waals surface area contributed by atoms with Gasteiger partial charge in [-0.15, -0.1) is 11.3 Å². The van der Waals surface area contributed by atoms with Crippen LogP contribution in [0.5, 0.6) is 0 Å². The molecule has 7 heteroatoms. The Morgan fingerprint density at radius 3 is 2.64 bits per heavy atom. The zero-order chi connectivity index (χ0) is 15.5. The lowest BCUT2D eigenvalue weighted by Crippen LogP contribution is -2.03. The first-order valence-electron chi connectivity index (χ1n) is 6.62. The number of anilines is 1. The molecule has 0 radical (unpaired) electrons. The van der Waals surface area contributed by atoms with Crippen LogP contribution in [0.15, 0.2) is 41.9 Å². The Morgan fingerprint density at radius 2 is 1.95 bits per heavy atom. The Balaban J connectivity index is 1.90. The summed E-state index contributed by atoms with van der Waals surface area (Å²) in [6.07, 6.45) is 1.28. The number of nitro groups is 1. The van der Waals surface area contributed by atoms with Gasteiger partial charge in [0.1, 0.15) is 11.9 Å². The van der Waals surface area contributed by atoms with Crippen molar-refractivity contribution in [2.24, 2.45) is 0 Å². The van der Waals surface area contributed by atoms with Gasteiger partial charge in [0.25, 0.3) is 0 Å². The van der Waals surface area contributed by atoms with E-state index in [4.69, 9.17) is 5.11 Å². The van der Waals surface area contributed by atoms with E-state index in [0.717, 1.165) is 21.3 Å². The third-order valence-corrected chi connectivity index (χ3v) is 4.25. The van der Waals surface area contributed by atoms with Crippen LogP contribution >= 0.6 is 11.3 Å². The van der Waals surface area contributed by atoms with Crippen molar-refractivity contribution < 1.29 is 10.0 Å². The summed E-state index contributed by atoms with van der Waals surface area (Å²) in [7, 11) is 0. The molecule has 0 atom stereocenters. The van der Waals surface area contributed by atoms with Crippen molar-refractivity contribution in [1.29, 1.82) is 0 Å². The monoisotopic (exact) mass is 315 g/mol. The molecule has 2 N–H and O–H groups in total. The van der Waals surface area contributed by atoms with Crippen molar-refractivity contribution in [1.82, 2.24) is 4.98 Å². The fourth-order valence-corrected chi connectivity index (χ4v) is 3.03. The lowest BCUT2D eigenvalue weighted by atomic mass is 10.1. The molecule has 0 aliphatic carbocycles. The van der Waals surface area contributed by atoms with E-state index in [1.165, 1.54) is 17.5 Å². The Kier molecular flexibility index (Phi) is 3.99. The smallest absolute Gasteiger partial charge is 0.311 e. The van der Waals surface area contributed by atoms with Gasteiger partial charge in [0.05, 0.1) is 21.7 Å². The summed E-state index contributed by atoms with van der Waals surface area (Å²) in [6, 6.07) is 9.27. The molecular formula is C15H13N3O3S. The van der Waals surface area contributed by atoms with Gasteiger partial charge in [-0.1, -0.05) is 24.3 Å². The number of nitrogens with one attached hydrogen (secondary N) is 1. The van der Waals surface area contributed by atoms with E-state index in [1.54, 1.807) is 0 Å². The first kappa shape index (κ1) is 14.4. The summed E-state index contributed by atoms with van der Waals surface area (Å²) in [4.78, 5) is 14.9. The minimum absolute atomic E-state index is 0.000642. The topological polar surface area (TPSA) is 88.3 Å². The number of hydrogen-bond acceptors (Lipinski definition) is 6. The summed E-state index contributed by atoms with van der Waals surface area (Å²) in [5.41, 5.74) is 3.03. The Labute approximate surface area is 130 Å². The highest BCUT2D eigenvalue weighted by Crippen LogP contribution is 2.35. The standard InChI is InChI=1S/C15H13N3O3S/c19-9-11-3-1-10(2-4-11)7-17-14-13(18(20)21)8-16-12-5-6-22-15(12)14/h1-6,8,19H,7,9H2,(H,16,17). The first-order valence-corrected chi connectivity index (χ1v) is 7.50. The van der Waals surface area contributed by atoms with Gasteiger partial charge < -0.3 is 10.4 Å². The number of aliphatic hydroxyl groups is 1. The molecule has 0 amide bonds. The number of pyridine rings is 1. The fourth-order valence-electron chi connectivity index (χ4n) is 2.17. The number of rotatable bonds is 5. The average molecular weight is 315 g/mol. The molecule has 2 heterocycles. The van der Waals surface area contributed by atoms with E-state index in [0.29, 0.717) is 12.2 Å². The molecular weight excluding hydrogens is 302 g/mol. The Hall–Kier alpha value is -2.51. The van der Waals surface area contributed by atoms with E-state index in [-0.39, 0.29) is 12.3 Å². The molecule has 1 aromatic carbocycles. The minimum atomic E-state index is -0.427. The van der Waals surface area contributed by atoms with Crippen molar-refractivity contribution in [3.63, 3.8) is 0 Å². The molecule has 3 rings (SSSR count). The molecule has 22 heavy (non-hydrogen) atoms. The molecule has 0 saturated carbocycles. The van der Waals surface area contributed by atoms with E-state index in [2.05, 4.69) is 10.3 Å². The zero-order valence-electron chi connectivity index (χ0n) is 11.5. The lowest BCUT2D eigenvalue weighted by Gasteiger charge is -2.08. The van der Waals surface area contributed by atoms with Gasteiger partial charge in [-0.2, -0.15) is 0 Å². The van der Waals surface area contributed by atoms with Crippen molar-refractivity contribution in [2.75, 3.05) is 5.32 Å². The molecule has 0 aliphatic heterocycles. The second-order valence-corrected chi connectivity index (χ2v) is 5.65. The number of thiophene rings is 1. The number of aromatic nitrogens is 1. The minimum Gasteiger partial charge on any atom is -0.392 e. The van der Waals surface area contributed by atoms with Crippen LogP contribution in [-0.2, 0) is 13.2 Å². The van der Waals surface area contributed by atoms with Crippen LogP contribution in [-0.4, -0.2) is 15.0 Å². The normalized spacial score (nSPS) is 10.8. The number of aliphatic hydroxyl groups excluding tert-OH is 1. The second kappa shape index (κ2) is 6.08. The Morgan fingerprint density at radius 1 is 1.23 bits per heavy atom. The number of hydrogen-bond donors (Lipinski definition) is 2.